The topological polar surface area (TPSA) is 66.4 Å². The van der Waals surface area contributed by atoms with E-state index in [9.17, 15) is 14.7 Å². The summed E-state index contributed by atoms with van der Waals surface area (Å²) in [6.45, 7) is 4.25. The van der Waals surface area contributed by atoms with Gasteiger partial charge in [0, 0.05) is 11.6 Å². The third-order valence-electron chi connectivity index (χ3n) is 4.28. The summed E-state index contributed by atoms with van der Waals surface area (Å²) in [5.74, 6) is -2.28. The lowest BCUT2D eigenvalue weighted by Gasteiger charge is -2.29. The molecule has 0 aromatic heterocycles. The van der Waals surface area contributed by atoms with Gasteiger partial charge in [0.15, 0.2) is 0 Å². The molecule has 1 aromatic rings. The molecule has 2 atom stereocenters. The van der Waals surface area contributed by atoms with Crippen LogP contribution >= 0.6 is 11.6 Å². The first-order chi connectivity index (χ1) is 10.4. The number of hydrogen-bond donors (Lipinski definition) is 2. The molecule has 0 aliphatic heterocycles. The zero-order valence-electron chi connectivity index (χ0n) is 12.7. The predicted molar refractivity (Wildman–Crippen MR) is 85.5 cm³/mol. The predicted octanol–water partition coefficient (Wildman–Crippen LogP) is 3.40. The van der Waals surface area contributed by atoms with Crippen molar-refractivity contribution < 1.29 is 14.7 Å². The van der Waals surface area contributed by atoms with E-state index in [1.165, 1.54) is 0 Å². The minimum absolute atomic E-state index is 0.209. The minimum Gasteiger partial charge on any atom is -0.481 e. The summed E-state index contributed by atoms with van der Waals surface area (Å²) in [6.07, 6.45) is 0.945. The van der Waals surface area contributed by atoms with Crippen molar-refractivity contribution in [1.82, 2.24) is 5.32 Å². The Bertz CT molecular complexity index is 624. The Kier molecular flexibility index (Phi) is 5.24. The van der Waals surface area contributed by atoms with Crippen LogP contribution in [0.1, 0.15) is 32.3 Å². The summed E-state index contributed by atoms with van der Waals surface area (Å²) in [5, 5.41) is 12.8. The summed E-state index contributed by atoms with van der Waals surface area (Å²) >= 11 is 5.91. The number of carbonyl (C=O) groups is 2. The van der Waals surface area contributed by atoms with E-state index in [4.69, 9.17) is 11.6 Å². The SMILES string of the molecule is CC1=C(C)C[C@H](C(=O)NCc2cccc(Cl)c2)[C@@H](C(=O)O)C1. The maximum Gasteiger partial charge on any atom is 0.307 e. The highest BCUT2D eigenvalue weighted by Gasteiger charge is 2.37. The van der Waals surface area contributed by atoms with Gasteiger partial charge in [-0.3, -0.25) is 9.59 Å². The molecule has 0 saturated carbocycles. The molecule has 0 bridgehead atoms. The summed E-state index contributed by atoms with van der Waals surface area (Å²) in [5.41, 5.74) is 3.08. The van der Waals surface area contributed by atoms with E-state index in [-0.39, 0.29) is 5.91 Å². The van der Waals surface area contributed by atoms with Gasteiger partial charge in [0.05, 0.1) is 11.8 Å². The Morgan fingerprint density at radius 1 is 1.23 bits per heavy atom. The van der Waals surface area contributed by atoms with Gasteiger partial charge >= 0.3 is 5.97 Å². The second-order valence-electron chi connectivity index (χ2n) is 5.87. The van der Waals surface area contributed by atoms with Crippen LogP contribution < -0.4 is 5.32 Å². The van der Waals surface area contributed by atoms with Gasteiger partial charge in [0.1, 0.15) is 0 Å². The number of allylic oxidation sites excluding steroid dienone is 2. The average molecular weight is 322 g/mol. The highest BCUT2D eigenvalue weighted by molar-refractivity contribution is 6.30. The zero-order valence-corrected chi connectivity index (χ0v) is 13.5. The molecule has 0 radical (unpaired) electrons. The number of amides is 1. The van der Waals surface area contributed by atoms with Crippen LogP contribution in [0.3, 0.4) is 0 Å². The fourth-order valence-electron chi connectivity index (χ4n) is 2.79. The molecule has 4 nitrogen and oxygen atoms in total. The van der Waals surface area contributed by atoms with Gasteiger partial charge in [-0.15, -0.1) is 0 Å². The number of halogens is 1. The Labute approximate surface area is 135 Å². The maximum atomic E-state index is 12.4. The lowest BCUT2D eigenvalue weighted by molar-refractivity contribution is -0.147. The summed E-state index contributed by atoms with van der Waals surface area (Å²) in [4.78, 5) is 23.8. The van der Waals surface area contributed by atoms with Gasteiger partial charge in [-0.2, -0.15) is 0 Å². The molecule has 1 amide bonds. The third-order valence-corrected chi connectivity index (χ3v) is 4.51. The van der Waals surface area contributed by atoms with Crippen LogP contribution in [0.15, 0.2) is 35.4 Å². The van der Waals surface area contributed by atoms with Crippen molar-refractivity contribution in [2.75, 3.05) is 0 Å². The van der Waals surface area contributed by atoms with Gasteiger partial charge in [-0.1, -0.05) is 34.9 Å². The molecule has 0 fully saturated rings. The highest BCUT2D eigenvalue weighted by atomic mass is 35.5. The van der Waals surface area contributed by atoms with Gasteiger partial charge < -0.3 is 10.4 Å². The Morgan fingerprint density at radius 2 is 1.86 bits per heavy atom. The monoisotopic (exact) mass is 321 g/mol. The van der Waals surface area contributed by atoms with E-state index in [0.717, 1.165) is 16.7 Å². The van der Waals surface area contributed by atoms with E-state index >= 15 is 0 Å². The second kappa shape index (κ2) is 6.97. The first-order valence-electron chi connectivity index (χ1n) is 7.28. The fraction of sp³-hybridized carbons (Fsp3) is 0.412. The normalized spacial score (nSPS) is 21.6. The van der Waals surface area contributed by atoms with E-state index in [1.807, 2.05) is 26.0 Å². The molecule has 5 heteroatoms. The summed E-state index contributed by atoms with van der Waals surface area (Å²) < 4.78 is 0. The van der Waals surface area contributed by atoms with Gasteiger partial charge in [-0.05, 0) is 44.4 Å². The first kappa shape index (κ1) is 16.6. The van der Waals surface area contributed by atoms with Crippen molar-refractivity contribution >= 4 is 23.5 Å². The smallest absolute Gasteiger partial charge is 0.307 e. The third kappa shape index (κ3) is 3.89. The molecule has 1 aliphatic carbocycles. The molecular weight excluding hydrogens is 302 g/mol. The Balaban J connectivity index is 2.05. The van der Waals surface area contributed by atoms with Crippen LogP contribution in [0.5, 0.6) is 0 Å². The molecule has 0 spiro atoms. The van der Waals surface area contributed by atoms with Crippen LogP contribution in [0.4, 0.5) is 0 Å². The van der Waals surface area contributed by atoms with Crippen LogP contribution in [-0.2, 0) is 16.1 Å². The molecule has 22 heavy (non-hydrogen) atoms. The van der Waals surface area contributed by atoms with Crippen LogP contribution in [0.2, 0.25) is 5.02 Å². The van der Waals surface area contributed by atoms with Gasteiger partial charge in [0.25, 0.3) is 0 Å². The average Bonchev–Trinajstić information content (AvgIpc) is 2.47. The van der Waals surface area contributed by atoms with Crippen LogP contribution in [0.25, 0.3) is 0 Å². The minimum atomic E-state index is -0.908. The Hall–Kier alpha value is -1.81. The van der Waals surface area contributed by atoms with Crippen molar-refractivity contribution in [2.45, 2.75) is 33.2 Å². The van der Waals surface area contributed by atoms with E-state index < -0.39 is 17.8 Å². The summed E-state index contributed by atoms with van der Waals surface area (Å²) in [7, 11) is 0. The second-order valence-corrected chi connectivity index (χ2v) is 6.30. The summed E-state index contributed by atoms with van der Waals surface area (Å²) in [6, 6.07) is 7.25. The number of benzene rings is 1. The van der Waals surface area contributed by atoms with Crippen molar-refractivity contribution in [3.05, 3.63) is 46.0 Å². The standard InChI is InChI=1S/C17H20ClNO3/c1-10-6-14(15(17(21)22)7-11(10)2)16(20)19-9-12-4-3-5-13(18)8-12/h3-5,8,14-15H,6-7,9H2,1-2H3,(H,19,20)(H,21,22)/t14-,15-/m0/s1. The Morgan fingerprint density at radius 3 is 2.45 bits per heavy atom. The molecule has 1 aliphatic rings. The molecule has 2 rings (SSSR count). The number of aliphatic carboxylic acids is 1. The van der Waals surface area contributed by atoms with Crippen LogP contribution in [-0.4, -0.2) is 17.0 Å². The van der Waals surface area contributed by atoms with Gasteiger partial charge in [-0.25, -0.2) is 0 Å². The number of rotatable bonds is 4. The quantitative estimate of drug-likeness (QED) is 0.835. The van der Waals surface area contributed by atoms with Crippen molar-refractivity contribution in [2.24, 2.45) is 11.8 Å². The number of carboxylic acid groups (broad SMARTS) is 1. The van der Waals surface area contributed by atoms with Gasteiger partial charge in [0.2, 0.25) is 5.91 Å². The number of hydrogen-bond acceptors (Lipinski definition) is 2. The van der Waals surface area contributed by atoms with Crippen LogP contribution in [0, 0.1) is 11.8 Å². The lowest BCUT2D eigenvalue weighted by Crippen LogP contribution is -2.39. The number of nitrogens with one attached hydrogen (secondary N) is 1. The number of carbonyl (C=O) groups excluding carboxylic acids is 1. The largest absolute Gasteiger partial charge is 0.481 e. The lowest BCUT2D eigenvalue weighted by atomic mass is 9.76. The molecule has 1 aromatic carbocycles. The van der Waals surface area contributed by atoms with Crippen molar-refractivity contribution in [3.8, 4) is 0 Å². The maximum absolute atomic E-state index is 12.4. The van der Waals surface area contributed by atoms with E-state index in [2.05, 4.69) is 5.32 Å². The highest BCUT2D eigenvalue weighted by Crippen LogP contribution is 2.34. The first-order valence-corrected chi connectivity index (χ1v) is 7.66. The fourth-order valence-corrected chi connectivity index (χ4v) is 3.01. The van der Waals surface area contributed by atoms with Crippen molar-refractivity contribution in [3.63, 3.8) is 0 Å². The molecule has 118 valence electrons. The molecular formula is C17H20ClNO3. The molecule has 0 heterocycles. The molecule has 2 N–H and O–H groups in total. The number of carboxylic acids is 1. The molecule has 0 unspecified atom stereocenters. The van der Waals surface area contributed by atoms with Crippen molar-refractivity contribution in [1.29, 1.82) is 0 Å². The van der Waals surface area contributed by atoms with E-state index in [0.29, 0.717) is 24.4 Å². The van der Waals surface area contributed by atoms with E-state index in [1.54, 1.807) is 12.1 Å². The zero-order chi connectivity index (χ0) is 16.3. The molecule has 0 saturated heterocycles.